The van der Waals surface area contributed by atoms with Crippen LogP contribution in [0.1, 0.15) is 61.5 Å². The molecule has 1 N–H and O–H groups in total. The highest BCUT2D eigenvalue weighted by Crippen LogP contribution is 2.43. The van der Waals surface area contributed by atoms with Crippen molar-refractivity contribution in [3.63, 3.8) is 0 Å². The molecule has 9 heteroatoms. The summed E-state index contributed by atoms with van der Waals surface area (Å²) in [5.74, 6) is -0.900. The first-order chi connectivity index (χ1) is 18.4. The molecule has 2 bridgehead atoms. The van der Waals surface area contributed by atoms with Gasteiger partial charge in [-0.05, 0) is 86.4 Å². The molecule has 204 valence electrons. The second-order valence-corrected chi connectivity index (χ2v) is 11.8. The monoisotopic (exact) mass is 532 g/mol. The van der Waals surface area contributed by atoms with Gasteiger partial charge < -0.3 is 15.0 Å². The Morgan fingerprint density at radius 3 is 2.59 bits per heavy atom. The van der Waals surface area contributed by atoms with E-state index in [4.69, 9.17) is 4.74 Å². The van der Waals surface area contributed by atoms with Crippen LogP contribution in [0.4, 0.5) is 9.18 Å². The number of nitrogens with one attached hydrogen (secondary N) is 1. The summed E-state index contributed by atoms with van der Waals surface area (Å²) in [5, 5.41) is 12.5. The van der Waals surface area contributed by atoms with Crippen LogP contribution in [0.15, 0.2) is 36.4 Å². The highest BCUT2D eigenvalue weighted by atomic mass is 19.1. The molecule has 2 aromatic rings. The van der Waals surface area contributed by atoms with Gasteiger partial charge in [0.2, 0.25) is 5.91 Å². The van der Waals surface area contributed by atoms with Gasteiger partial charge in [-0.25, -0.2) is 9.18 Å². The number of fused-ring (bicyclic) bond motifs is 3. The molecule has 2 heterocycles. The van der Waals surface area contributed by atoms with E-state index in [2.05, 4.69) is 11.4 Å². The number of hydrogen-bond acceptors (Lipinski definition) is 5. The quantitative estimate of drug-likeness (QED) is 0.614. The van der Waals surface area contributed by atoms with Crippen LogP contribution in [-0.4, -0.2) is 58.5 Å². The van der Waals surface area contributed by atoms with Crippen LogP contribution in [0.3, 0.4) is 0 Å². The van der Waals surface area contributed by atoms with E-state index in [-0.39, 0.29) is 24.3 Å². The maximum atomic E-state index is 15.2. The minimum absolute atomic E-state index is 0.00884. The number of likely N-dealkylation sites (tertiary alicyclic amines) is 1. The molecule has 1 aliphatic carbocycles. The molecule has 3 amide bonds. The van der Waals surface area contributed by atoms with Gasteiger partial charge in [0, 0.05) is 31.6 Å². The molecule has 2 aliphatic heterocycles. The predicted octanol–water partition coefficient (Wildman–Crippen LogP) is 4.42. The Balaban J connectivity index is 1.28. The molecule has 2 aromatic carbocycles. The highest BCUT2D eigenvalue weighted by molar-refractivity contribution is 5.98. The highest BCUT2D eigenvalue weighted by Gasteiger charge is 2.52. The topological polar surface area (TPSA) is 103 Å². The molecule has 8 nitrogen and oxygen atoms in total. The minimum Gasteiger partial charge on any atom is -0.444 e. The molecule has 2 fully saturated rings. The summed E-state index contributed by atoms with van der Waals surface area (Å²) >= 11 is 0. The lowest BCUT2D eigenvalue weighted by atomic mass is 9.96. The van der Waals surface area contributed by atoms with Gasteiger partial charge >= 0.3 is 6.09 Å². The number of piperidine rings is 1. The first-order valence-corrected chi connectivity index (χ1v) is 13.3. The average Bonchev–Trinajstić information content (AvgIpc) is 3.57. The van der Waals surface area contributed by atoms with Crippen LogP contribution in [0.2, 0.25) is 0 Å². The molecule has 4 atom stereocenters. The van der Waals surface area contributed by atoms with Gasteiger partial charge in [-0.2, -0.15) is 5.26 Å². The normalized spacial score (nSPS) is 22.5. The summed E-state index contributed by atoms with van der Waals surface area (Å²) in [7, 11) is 1.74. The lowest BCUT2D eigenvalue weighted by molar-refractivity contribution is -0.128. The fourth-order valence-corrected chi connectivity index (χ4v) is 6.05. The van der Waals surface area contributed by atoms with Crippen molar-refractivity contribution in [2.24, 2.45) is 5.92 Å². The first kappa shape index (κ1) is 26.7. The van der Waals surface area contributed by atoms with Crippen molar-refractivity contribution in [1.82, 2.24) is 15.1 Å². The molecule has 0 spiro atoms. The molecule has 5 rings (SSSR count). The summed E-state index contributed by atoms with van der Waals surface area (Å²) in [6, 6.07) is 10.6. The number of carbonyl (C=O) groups excluding carboxylic acids is 3. The third-order valence-corrected chi connectivity index (χ3v) is 7.83. The van der Waals surface area contributed by atoms with E-state index in [0.717, 1.165) is 30.4 Å². The van der Waals surface area contributed by atoms with Crippen molar-refractivity contribution in [2.45, 2.75) is 76.7 Å². The van der Waals surface area contributed by atoms with Gasteiger partial charge in [-0.15, -0.1) is 0 Å². The predicted molar refractivity (Wildman–Crippen MR) is 142 cm³/mol. The maximum absolute atomic E-state index is 15.2. The van der Waals surface area contributed by atoms with E-state index < -0.39 is 35.5 Å². The Kier molecular flexibility index (Phi) is 6.83. The number of halogens is 1. The summed E-state index contributed by atoms with van der Waals surface area (Å²) < 4.78 is 20.7. The number of ether oxygens (including phenoxy) is 1. The third kappa shape index (κ3) is 5.20. The van der Waals surface area contributed by atoms with E-state index in [1.54, 1.807) is 57.0 Å². The van der Waals surface area contributed by atoms with Crippen molar-refractivity contribution in [3.05, 3.63) is 58.9 Å². The fraction of sp³-hybridized carbons (Fsp3) is 0.467. The fourth-order valence-electron chi connectivity index (χ4n) is 6.05. The average molecular weight is 533 g/mol. The Morgan fingerprint density at radius 2 is 1.90 bits per heavy atom. The molecule has 39 heavy (non-hydrogen) atoms. The molecular weight excluding hydrogens is 499 g/mol. The molecule has 1 unspecified atom stereocenters. The van der Waals surface area contributed by atoms with Crippen molar-refractivity contribution in [2.75, 3.05) is 7.05 Å². The third-order valence-electron chi connectivity index (χ3n) is 7.83. The molecule has 0 aromatic heterocycles. The number of amides is 3. The Bertz CT molecular complexity index is 1380. The smallest absolute Gasteiger partial charge is 0.411 e. The lowest BCUT2D eigenvalue weighted by Crippen LogP contribution is -2.55. The van der Waals surface area contributed by atoms with E-state index in [9.17, 15) is 19.6 Å². The lowest BCUT2D eigenvalue weighted by Gasteiger charge is -2.35. The van der Waals surface area contributed by atoms with Crippen LogP contribution in [-0.2, 0) is 22.5 Å². The summed E-state index contributed by atoms with van der Waals surface area (Å²) in [6.07, 6.45) is 1.86. The molecule has 0 radical (unpaired) electrons. The zero-order chi connectivity index (χ0) is 28.1. The van der Waals surface area contributed by atoms with Crippen LogP contribution in [0.5, 0.6) is 0 Å². The number of benzene rings is 2. The number of hydrogen-bond donors (Lipinski definition) is 1. The maximum Gasteiger partial charge on any atom is 0.411 e. The van der Waals surface area contributed by atoms with Gasteiger partial charge in [-0.3, -0.25) is 14.5 Å². The SMILES string of the molecule is CN1Cc2cc(-c3ccc(CC(C#N)NC(=O)[C@@H]4[C@H]5CC[C@H](C5)N4C(=O)OC(C)(C)C)c(F)c3)ccc2C1=O. The van der Waals surface area contributed by atoms with E-state index in [1.807, 2.05) is 6.07 Å². The molecule has 3 aliphatic rings. The largest absolute Gasteiger partial charge is 0.444 e. The van der Waals surface area contributed by atoms with Crippen LogP contribution in [0.25, 0.3) is 11.1 Å². The van der Waals surface area contributed by atoms with Gasteiger partial charge in [0.15, 0.2) is 0 Å². The van der Waals surface area contributed by atoms with Gasteiger partial charge in [0.25, 0.3) is 5.91 Å². The van der Waals surface area contributed by atoms with E-state index in [0.29, 0.717) is 23.2 Å². The second-order valence-electron chi connectivity index (χ2n) is 11.8. The number of rotatable bonds is 5. The summed E-state index contributed by atoms with van der Waals surface area (Å²) in [4.78, 5) is 41.5. The Morgan fingerprint density at radius 1 is 1.18 bits per heavy atom. The van der Waals surface area contributed by atoms with Crippen molar-refractivity contribution < 1.29 is 23.5 Å². The zero-order valence-corrected chi connectivity index (χ0v) is 22.7. The summed E-state index contributed by atoms with van der Waals surface area (Å²) in [6.45, 7) is 5.86. The Labute approximate surface area is 227 Å². The van der Waals surface area contributed by atoms with Gasteiger partial charge in [-0.1, -0.05) is 18.2 Å². The van der Waals surface area contributed by atoms with Gasteiger partial charge in [0.1, 0.15) is 23.5 Å². The number of nitriles is 1. The second kappa shape index (κ2) is 9.99. The van der Waals surface area contributed by atoms with E-state index in [1.165, 1.54) is 11.0 Å². The molecular formula is C30H33FN4O4. The first-order valence-electron chi connectivity index (χ1n) is 13.3. The van der Waals surface area contributed by atoms with Gasteiger partial charge in [0.05, 0.1) is 6.07 Å². The van der Waals surface area contributed by atoms with E-state index >= 15 is 4.39 Å². The number of carbonyl (C=O) groups is 3. The van der Waals surface area contributed by atoms with Crippen molar-refractivity contribution >= 4 is 17.9 Å². The molecule has 1 saturated heterocycles. The minimum atomic E-state index is -0.959. The molecule has 1 saturated carbocycles. The van der Waals surface area contributed by atoms with Crippen molar-refractivity contribution in [3.8, 4) is 17.2 Å². The Hall–Kier alpha value is -3.93. The zero-order valence-electron chi connectivity index (χ0n) is 22.7. The van der Waals surface area contributed by atoms with Crippen LogP contribution < -0.4 is 5.32 Å². The number of nitrogens with zero attached hydrogens (tertiary/aromatic N) is 3. The van der Waals surface area contributed by atoms with Crippen LogP contribution >= 0.6 is 0 Å². The van der Waals surface area contributed by atoms with Crippen molar-refractivity contribution in [1.29, 1.82) is 5.26 Å². The van der Waals surface area contributed by atoms with Crippen LogP contribution in [0, 0.1) is 23.1 Å². The standard InChI is InChI=1S/C30H33FN4O4/c1-30(2,3)39-29(38)35-23-9-7-20(13-23)26(35)27(36)33-22(15-32)12-19-6-5-18(14-25(19)31)17-8-10-24-21(11-17)16-34(4)28(24)37/h5-6,8,10-11,14,20,22-23,26H,7,9,12-13,16H2,1-4H3,(H,33,36)/t20-,22?,23+,26-/m0/s1. The summed E-state index contributed by atoms with van der Waals surface area (Å²) in [5.41, 5.74) is 2.63.